The summed E-state index contributed by atoms with van der Waals surface area (Å²) in [5, 5.41) is 46.0. The van der Waals surface area contributed by atoms with Crippen molar-refractivity contribution in [1.29, 1.82) is 10.8 Å². The van der Waals surface area contributed by atoms with Crippen LogP contribution < -0.4 is 62.8 Å². The van der Waals surface area contributed by atoms with Crippen molar-refractivity contribution in [2.24, 2.45) is 40.2 Å². The highest BCUT2D eigenvalue weighted by atomic mass is 35.5. The lowest BCUT2D eigenvalue weighted by Crippen LogP contribution is -2.41. The molecular weight excluding hydrogens is 1670 g/mol. The van der Waals surface area contributed by atoms with Crippen LogP contribution in [-0.2, 0) is 82.9 Å². The Bertz CT molecular complexity index is 5130. The number of thiophene rings is 1. The molecule has 125 heavy (non-hydrogen) atoms. The molecule has 1 aliphatic rings. The predicted molar refractivity (Wildman–Crippen MR) is 466 cm³/mol. The topological polar surface area (TPSA) is 438 Å². The number of aliphatic imine (C=N–C) groups is 1. The number of rotatable bonds is 49. The zero-order valence-corrected chi connectivity index (χ0v) is 72.3. The van der Waals surface area contributed by atoms with Crippen LogP contribution >= 0.6 is 22.9 Å². The number of halogens is 4. The van der Waals surface area contributed by atoms with Crippen molar-refractivity contribution in [2.45, 2.75) is 78.1 Å². The highest BCUT2D eigenvalue weighted by molar-refractivity contribution is 7.17. The van der Waals surface area contributed by atoms with Gasteiger partial charge in [-0.15, -0.1) is 11.3 Å². The third-order valence-corrected chi connectivity index (χ3v) is 20.9. The molecule has 12 N–H and O–H groups in total. The first kappa shape index (κ1) is 96.5. The molecule has 0 bridgehead atoms. The number of nitrogens with one attached hydrogen (secondary N) is 12. The Hall–Kier alpha value is -12.3. The Labute approximate surface area is 728 Å². The van der Waals surface area contributed by atoms with Crippen molar-refractivity contribution in [2.75, 3.05) is 150 Å². The number of benzene rings is 2. The van der Waals surface area contributed by atoms with E-state index >= 15 is 0 Å². The van der Waals surface area contributed by atoms with Gasteiger partial charge in [-0.25, -0.2) is 4.90 Å². The molecule has 0 radical (unpaired) electrons. The van der Waals surface area contributed by atoms with Crippen molar-refractivity contribution < 1.29 is 89.5 Å². The number of carbonyl (C=O) groups excluding carboxylic acids is 10. The molecule has 0 saturated heterocycles. The SMILES string of the molecule is CC(=N)N1C(=N)[C@H](CC(=O)Nc2ccc(OCCOCCOCCOCCOCCOCCC(=O)NCCCN(CCCNC(=O)CCNC(=O)c3cc(NC(=O)CCNC(=O)c4cc(NC(=O)c5cc(NC(=O)CCNC(=O)c6cc(NC(=O)c7cccn7C)cn6C)cn5C)cn4C)cn3C)C(F)(F)F)cc2)N=C(c2ccc(Cl)cc2)c2c1sc(C)c2C. The summed E-state index contributed by atoms with van der Waals surface area (Å²) < 4.78 is 82.8. The van der Waals surface area contributed by atoms with Crippen molar-refractivity contribution in [1.82, 2.24) is 54.3 Å². The second-order valence-corrected chi connectivity index (χ2v) is 30.6. The molecule has 1 atom stereocenters. The van der Waals surface area contributed by atoms with Crippen LogP contribution in [-0.4, -0.2) is 235 Å². The molecular formula is C84H106ClF3N20O16S. The van der Waals surface area contributed by atoms with Gasteiger partial charge in [-0.2, -0.15) is 13.2 Å². The number of amidine groups is 2. The minimum absolute atomic E-state index is 0.00170. The maximum atomic E-state index is 13.9. The summed E-state index contributed by atoms with van der Waals surface area (Å²) in [6.07, 6.45) is 2.64. The quantitative estimate of drug-likeness (QED) is 0.00738. The second kappa shape index (κ2) is 47.5. The van der Waals surface area contributed by atoms with E-state index in [1.807, 2.05) is 26.0 Å². The maximum Gasteiger partial charge on any atom is 0.459 e. The third kappa shape index (κ3) is 29.7. The minimum Gasteiger partial charge on any atom is -0.491 e. The Balaban J connectivity index is 0.532. The first-order valence-corrected chi connectivity index (χ1v) is 41.5. The number of ether oxygens (including phenoxy) is 6. The number of hydrogen-bond donors (Lipinski definition) is 12. The van der Waals surface area contributed by atoms with Crippen LogP contribution in [0.3, 0.4) is 0 Å². The number of fused-ring (bicyclic) bond motifs is 1. The molecule has 0 spiro atoms. The van der Waals surface area contributed by atoms with Gasteiger partial charge >= 0.3 is 6.30 Å². The monoisotopic (exact) mass is 1770 g/mol. The molecule has 9 rings (SSSR count). The van der Waals surface area contributed by atoms with E-state index in [4.69, 9.17) is 55.8 Å². The summed E-state index contributed by atoms with van der Waals surface area (Å²) >= 11 is 7.70. The highest BCUT2D eigenvalue weighted by Crippen LogP contribution is 2.41. The van der Waals surface area contributed by atoms with Gasteiger partial charge in [0.05, 0.1) is 101 Å². The summed E-state index contributed by atoms with van der Waals surface area (Å²) in [4.78, 5) is 137. The normalized spacial score (nSPS) is 12.6. The largest absolute Gasteiger partial charge is 0.491 e. The first-order valence-electron chi connectivity index (χ1n) is 40.3. The third-order valence-electron chi connectivity index (χ3n) is 19.4. The molecule has 1 aliphatic heterocycles. The number of alkyl halides is 3. The van der Waals surface area contributed by atoms with Gasteiger partial charge in [0.15, 0.2) is 0 Å². The van der Waals surface area contributed by atoms with Gasteiger partial charge in [-0.3, -0.25) is 68.7 Å². The molecule has 672 valence electrons. The number of hydrogen-bond acceptors (Lipinski definition) is 21. The first-order chi connectivity index (χ1) is 59.8. The van der Waals surface area contributed by atoms with Gasteiger partial charge < -0.3 is 104 Å². The lowest BCUT2D eigenvalue weighted by molar-refractivity contribution is -0.245. The predicted octanol–water partition coefficient (Wildman–Crippen LogP) is 8.27. The molecule has 36 nitrogen and oxygen atoms in total. The summed E-state index contributed by atoms with van der Waals surface area (Å²) in [5.74, 6) is -3.87. The molecule has 10 amide bonds. The zero-order valence-electron chi connectivity index (χ0n) is 70.8. The Morgan fingerprint density at radius 1 is 0.488 bits per heavy atom. The van der Waals surface area contributed by atoms with Crippen molar-refractivity contribution >= 4 is 133 Å². The number of amides is 10. The lowest BCUT2D eigenvalue weighted by Gasteiger charge is -2.24. The smallest absolute Gasteiger partial charge is 0.459 e. The van der Waals surface area contributed by atoms with Crippen molar-refractivity contribution in [3.8, 4) is 5.75 Å². The van der Waals surface area contributed by atoms with Gasteiger partial charge in [-0.05, 0) is 112 Å². The molecule has 0 fully saturated rings. The van der Waals surface area contributed by atoms with Crippen LogP contribution in [0.4, 0.5) is 46.6 Å². The summed E-state index contributed by atoms with van der Waals surface area (Å²) in [6.45, 7) is 7.64. The molecule has 8 aromatic rings. The Morgan fingerprint density at radius 3 is 1.35 bits per heavy atom. The number of anilines is 6. The van der Waals surface area contributed by atoms with E-state index < -0.39 is 66.8 Å². The van der Waals surface area contributed by atoms with Crippen LogP contribution in [0.2, 0.25) is 5.02 Å². The molecule has 0 aliphatic carbocycles. The van der Waals surface area contributed by atoms with E-state index in [9.17, 15) is 61.1 Å². The van der Waals surface area contributed by atoms with Crippen molar-refractivity contribution in [3.05, 3.63) is 171 Å². The van der Waals surface area contributed by atoms with E-state index in [0.29, 0.717) is 95.4 Å². The fourth-order valence-electron chi connectivity index (χ4n) is 12.9. The number of aromatic nitrogens is 5. The van der Waals surface area contributed by atoms with E-state index in [-0.39, 0.29) is 168 Å². The zero-order chi connectivity index (χ0) is 90.3. The van der Waals surface area contributed by atoms with Gasteiger partial charge in [0.2, 0.25) is 29.5 Å². The summed E-state index contributed by atoms with van der Waals surface area (Å²) in [7, 11) is 8.15. The average molecular weight is 1780 g/mol. The van der Waals surface area contributed by atoms with Crippen LogP contribution in [0.1, 0.15) is 126 Å². The van der Waals surface area contributed by atoms with E-state index in [0.717, 1.165) is 21.6 Å². The second-order valence-electron chi connectivity index (χ2n) is 29.0. The number of carbonyl (C=O) groups is 10. The molecule has 41 heteroatoms. The van der Waals surface area contributed by atoms with Crippen LogP contribution in [0, 0.1) is 24.7 Å². The maximum absolute atomic E-state index is 13.9. The van der Waals surface area contributed by atoms with Crippen molar-refractivity contribution in [3.63, 3.8) is 0 Å². The van der Waals surface area contributed by atoms with Gasteiger partial charge in [-0.1, -0.05) is 23.7 Å². The summed E-state index contributed by atoms with van der Waals surface area (Å²) in [6, 6.07) is 22.5. The molecule has 6 aromatic heterocycles. The lowest BCUT2D eigenvalue weighted by atomic mass is 9.99. The van der Waals surface area contributed by atoms with E-state index in [1.54, 1.807) is 117 Å². The highest BCUT2D eigenvalue weighted by Gasteiger charge is 2.37. The van der Waals surface area contributed by atoms with Gasteiger partial charge in [0, 0.05) is 164 Å². The van der Waals surface area contributed by atoms with Gasteiger partial charge in [0.25, 0.3) is 29.5 Å². The van der Waals surface area contributed by atoms with Crippen LogP contribution in [0.25, 0.3) is 0 Å². The van der Waals surface area contributed by atoms with Crippen LogP contribution in [0.5, 0.6) is 5.75 Å². The molecule has 7 heterocycles. The standard InChI is InChI=1S/C84H106ClF3N20O16S/c1-53-54(2)125-83-75(53)76(56-13-15-57(85)16-14-56)101-64(77(90)108(83)55(3)89)48-74(113)96-58-17-19-63(20-18-58)124-43-42-123-41-40-122-39-38-121-37-36-120-35-34-119-33-24-71(110)92-26-11-32-107(84(86,87)88)31-10-25-91-70(109)21-27-93-78(114)66-44-59(49-103(66)5)97-72(111)22-28-95-80(116)68-47-62(52-105(68)7)100-82(118)69-45-60(50-106(69)8)98-73(112)23-29-94-79(115)67-46-61(51-104(67)6)99-81(117)65-12-9-30-102(65)4/h9,12-20,30,44-47,49-52,64,89-90H,10-11,21-29,31-43,48H2,1-8H3,(H,91,109)(H,92,110)(H,93,114)(H,94,115)(H,95,116)(H,96,113)(H,97,111)(H,98,112)(H,99,117)(H,100,118)/t64-/m0/s1. The fraction of sp³-hybridized carbons (Fsp3) is 0.417. The van der Waals surface area contributed by atoms with Crippen LogP contribution in [0.15, 0.2) is 121 Å². The minimum atomic E-state index is -4.66. The number of aryl methyl sites for hydroxylation is 6. The van der Waals surface area contributed by atoms with Gasteiger partial charge in [0.1, 0.15) is 63.5 Å². The Morgan fingerprint density at radius 2 is 0.904 bits per heavy atom. The van der Waals surface area contributed by atoms with E-state index in [1.165, 1.54) is 67.9 Å². The van der Waals surface area contributed by atoms with E-state index in [2.05, 4.69) is 53.2 Å². The molecule has 0 unspecified atom stereocenters. The fourth-order valence-corrected chi connectivity index (χ4v) is 14.3. The Kier molecular flexibility index (Phi) is 36.7. The number of nitrogens with zero attached hydrogens (tertiary/aromatic N) is 8. The molecule has 2 aromatic carbocycles. The summed E-state index contributed by atoms with van der Waals surface area (Å²) in [5.41, 5.74) is 6.24. The average Bonchev–Trinajstić information content (AvgIpc) is 1.60. The molecule has 0 saturated carbocycles.